The minimum Gasteiger partial charge on any atom is -0.345 e. The Labute approximate surface area is 186 Å². The number of benzene rings is 2. The van der Waals surface area contributed by atoms with Crippen molar-refractivity contribution in [2.75, 3.05) is 0 Å². The number of hydrogen-bond acceptors (Lipinski definition) is 4. The zero-order valence-corrected chi connectivity index (χ0v) is 18.0. The van der Waals surface area contributed by atoms with Crippen molar-refractivity contribution in [2.24, 2.45) is 0 Å². The lowest BCUT2D eigenvalue weighted by atomic mass is 9.99. The fourth-order valence-electron chi connectivity index (χ4n) is 3.46. The number of nitrogens with zero attached hydrogens (tertiary/aromatic N) is 3. The van der Waals surface area contributed by atoms with E-state index in [9.17, 15) is 4.79 Å². The van der Waals surface area contributed by atoms with Gasteiger partial charge in [-0.1, -0.05) is 60.2 Å². The largest absolute Gasteiger partial charge is 0.345 e. The number of H-pyrrole nitrogens is 1. The van der Waals surface area contributed by atoms with Crippen LogP contribution in [0.4, 0.5) is 0 Å². The summed E-state index contributed by atoms with van der Waals surface area (Å²) in [6.07, 6.45) is 3.74. The van der Waals surface area contributed by atoms with Gasteiger partial charge in [0.15, 0.2) is 10.6 Å². The molecule has 1 unspecified atom stereocenters. The van der Waals surface area contributed by atoms with Crippen molar-refractivity contribution in [1.82, 2.24) is 25.1 Å². The molecule has 7 heteroatoms. The van der Waals surface area contributed by atoms with Gasteiger partial charge >= 0.3 is 0 Å². The first kappa shape index (κ1) is 20.7. The molecule has 2 N–H and O–H groups in total. The van der Waals surface area contributed by atoms with E-state index >= 15 is 0 Å². The molecule has 0 radical (unpaired) electrons. The van der Waals surface area contributed by atoms with E-state index < -0.39 is 0 Å². The minimum absolute atomic E-state index is 0.0661. The lowest BCUT2D eigenvalue weighted by Crippen LogP contribution is -2.30. The number of rotatable bonds is 7. The van der Waals surface area contributed by atoms with Crippen molar-refractivity contribution in [3.63, 3.8) is 0 Å². The van der Waals surface area contributed by atoms with Crippen molar-refractivity contribution in [3.05, 3.63) is 101 Å². The number of aryl methyl sites for hydroxylation is 1. The molecule has 4 aromatic rings. The number of aromatic amines is 1. The van der Waals surface area contributed by atoms with Gasteiger partial charge in [-0.05, 0) is 42.4 Å². The molecule has 156 valence electrons. The first-order valence-electron chi connectivity index (χ1n) is 10.1. The van der Waals surface area contributed by atoms with Crippen LogP contribution in [0.25, 0.3) is 11.4 Å². The molecule has 0 aliphatic heterocycles. The average Bonchev–Trinajstić information content (AvgIpc) is 3.18. The molecule has 0 saturated carbocycles. The minimum atomic E-state index is -0.245. The molecule has 0 aliphatic carbocycles. The summed E-state index contributed by atoms with van der Waals surface area (Å²) in [4.78, 5) is 17.0. The lowest BCUT2D eigenvalue weighted by Gasteiger charge is -2.20. The molecular formula is C24H23N5OS. The molecule has 2 aromatic heterocycles. The zero-order valence-electron chi connectivity index (χ0n) is 17.2. The summed E-state index contributed by atoms with van der Waals surface area (Å²) >= 11 is 5.40. The summed E-state index contributed by atoms with van der Waals surface area (Å²) in [5.74, 6) is 0.662. The molecule has 0 aliphatic rings. The highest BCUT2D eigenvalue weighted by Gasteiger charge is 2.17. The fourth-order valence-corrected chi connectivity index (χ4v) is 3.68. The number of nitrogens with one attached hydrogen (secondary N) is 2. The van der Waals surface area contributed by atoms with Crippen LogP contribution < -0.4 is 5.32 Å². The summed E-state index contributed by atoms with van der Waals surface area (Å²) in [6.45, 7) is 2.47. The normalized spacial score (nSPS) is 11.8. The standard InChI is InChI=1S/C24H23N5OS/c1-17-7-9-20(10-8-17)23-27-28-24(31)29(23)16-13-21(30)26-22(18-5-3-2-4-6-18)19-11-14-25-15-12-19/h2-12,14-15,22H,13,16H2,1H3,(H,26,30)(H,28,31). The summed E-state index contributed by atoms with van der Waals surface area (Å²) < 4.78 is 2.36. The molecule has 1 atom stereocenters. The van der Waals surface area contributed by atoms with Gasteiger partial charge in [-0.2, -0.15) is 5.10 Å². The van der Waals surface area contributed by atoms with Gasteiger partial charge in [-0.25, -0.2) is 0 Å². The van der Waals surface area contributed by atoms with Crippen LogP contribution >= 0.6 is 12.2 Å². The van der Waals surface area contributed by atoms with Gasteiger partial charge in [0, 0.05) is 30.9 Å². The van der Waals surface area contributed by atoms with Gasteiger partial charge < -0.3 is 5.32 Å². The van der Waals surface area contributed by atoms with Gasteiger partial charge in [-0.3, -0.25) is 19.4 Å². The van der Waals surface area contributed by atoms with Crippen molar-refractivity contribution < 1.29 is 4.79 Å². The third-order valence-electron chi connectivity index (χ3n) is 5.11. The van der Waals surface area contributed by atoms with Crippen LogP contribution in [0.2, 0.25) is 0 Å². The Bertz CT molecular complexity index is 1160. The number of amides is 1. The maximum atomic E-state index is 12.9. The molecule has 0 spiro atoms. The Kier molecular flexibility index (Phi) is 6.33. The van der Waals surface area contributed by atoms with Crippen molar-refractivity contribution >= 4 is 18.1 Å². The van der Waals surface area contributed by atoms with Crippen LogP contribution in [0, 0.1) is 11.7 Å². The van der Waals surface area contributed by atoms with Crippen molar-refractivity contribution in [3.8, 4) is 11.4 Å². The first-order valence-corrected chi connectivity index (χ1v) is 10.5. The third kappa shape index (κ3) is 4.95. The number of pyridine rings is 1. The highest BCUT2D eigenvalue weighted by atomic mass is 32.1. The van der Waals surface area contributed by atoms with Gasteiger partial charge in [0.2, 0.25) is 5.91 Å². The molecule has 6 nitrogen and oxygen atoms in total. The SMILES string of the molecule is Cc1ccc(-c2n[nH]c(=S)n2CCC(=O)NC(c2ccccc2)c2ccncc2)cc1. The third-order valence-corrected chi connectivity index (χ3v) is 5.42. The molecule has 0 bridgehead atoms. The van der Waals surface area contributed by atoms with Crippen LogP contribution in [-0.2, 0) is 11.3 Å². The van der Waals surface area contributed by atoms with Crippen LogP contribution in [0.3, 0.4) is 0 Å². The summed E-state index contributed by atoms with van der Waals surface area (Å²) in [6, 6.07) is 21.6. The van der Waals surface area contributed by atoms with Crippen LogP contribution in [0.5, 0.6) is 0 Å². The number of carbonyl (C=O) groups excluding carboxylic acids is 1. The fraction of sp³-hybridized carbons (Fsp3) is 0.167. The van der Waals surface area contributed by atoms with Crippen molar-refractivity contribution in [2.45, 2.75) is 25.9 Å². The Balaban J connectivity index is 1.50. The monoisotopic (exact) mass is 429 g/mol. The highest BCUT2D eigenvalue weighted by molar-refractivity contribution is 7.71. The van der Waals surface area contributed by atoms with Gasteiger partial charge in [-0.15, -0.1) is 0 Å². The molecule has 1 amide bonds. The quantitative estimate of drug-likeness (QED) is 0.421. The van der Waals surface area contributed by atoms with Crippen LogP contribution in [-0.4, -0.2) is 25.7 Å². The second-order valence-corrected chi connectivity index (χ2v) is 7.70. The maximum Gasteiger partial charge on any atom is 0.222 e. The Morgan fingerprint density at radius 3 is 2.42 bits per heavy atom. The molecular weight excluding hydrogens is 406 g/mol. The Morgan fingerprint density at radius 2 is 1.71 bits per heavy atom. The number of hydrogen-bond donors (Lipinski definition) is 2. The van der Waals surface area contributed by atoms with E-state index in [1.807, 2.05) is 78.2 Å². The topological polar surface area (TPSA) is 75.6 Å². The van der Waals surface area contributed by atoms with Gasteiger partial charge in [0.1, 0.15) is 0 Å². The number of aromatic nitrogens is 4. The van der Waals surface area contributed by atoms with E-state index in [1.54, 1.807) is 12.4 Å². The predicted molar refractivity (Wildman–Crippen MR) is 123 cm³/mol. The zero-order chi connectivity index (χ0) is 21.6. The molecule has 0 saturated heterocycles. The second kappa shape index (κ2) is 9.49. The van der Waals surface area contributed by atoms with Crippen LogP contribution in [0.1, 0.15) is 29.2 Å². The van der Waals surface area contributed by atoms with Crippen molar-refractivity contribution in [1.29, 1.82) is 0 Å². The Hall–Kier alpha value is -3.58. The molecule has 0 fully saturated rings. The highest BCUT2D eigenvalue weighted by Crippen LogP contribution is 2.22. The van der Waals surface area contributed by atoms with E-state index in [2.05, 4.69) is 20.5 Å². The predicted octanol–water partition coefficient (Wildman–Crippen LogP) is 4.61. The smallest absolute Gasteiger partial charge is 0.222 e. The summed E-state index contributed by atoms with van der Waals surface area (Å²) in [5.41, 5.74) is 4.13. The molecule has 4 rings (SSSR count). The van der Waals surface area contributed by atoms with Crippen LogP contribution in [0.15, 0.2) is 79.1 Å². The van der Waals surface area contributed by atoms with E-state index in [4.69, 9.17) is 12.2 Å². The summed E-state index contributed by atoms with van der Waals surface area (Å²) in [5, 5.41) is 10.4. The first-order chi connectivity index (χ1) is 15.1. The molecule has 2 aromatic carbocycles. The van der Waals surface area contributed by atoms with E-state index in [0.29, 0.717) is 11.3 Å². The Morgan fingerprint density at radius 1 is 1.03 bits per heavy atom. The lowest BCUT2D eigenvalue weighted by molar-refractivity contribution is -0.121. The van der Waals surface area contributed by atoms with E-state index in [1.165, 1.54) is 5.56 Å². The molecule has 31 heavy (non-hydrogen) atoms. The summed E-state index contributed by atoms with van der Waals surface area (Å²) in [7, 11) is 0. The van der Waals surface area contributed by atoms with Gasteiger partial charge in [0.05, 0.1) is 6.04 Å². The number of carbonyl (C=O) groups is 1. The van der Waals surface area contributed by atoms with E-state index in [-0.39, 0.29) is 18.4 Å². The second-order valence-electron chi connectivity index (χ2n) is 7.31. The molecule has 2 heterocycles. The maximum absolute atomic E-state index is 12.9. The van der Waals surface area contributed by atoms with Gasteiger partial charge in [0.25, 0.3) is 0 Å². The van der Waals surface area contributed by atoms with E-state index in [0.717, 1.165) is 22.5 Å². The average molecular weight is 430 g/mol.